The van der Waals surface area contributed by atoms with Crippen molar-refractivity contribution in [3.63, 3.8) is 0 Å². The van der Waals surface area contributed by atoms with Gasteiger partial charge in [-0.05, 0) is 42.5 Å². The van der Waals surface area contributed by atoms with Crippen molar-refractivity contribution in [1.82, 2.24) is 10.9 Å². The number of hydrogen-bond donors (Lipinski definition) is 2. The van der Waals surface area contributed by atoms with Crippen LogP contribution in [0.2, 0.25) is 10.0 Å². The molecule has 6 nitrogen and oxygen atoms in total. The van der Waals surface area contributed by atoms with Gasteiger partial charge in [0.05, 0.1) is 5.02 Å². The summed E-state index contributed by atoms with van der Waals surface area (Å²) in [5.74, 6) is -0.222. The zero-order valence-electron chi connectivity index (χ0n) is 12.7. The van der Waals surface area contributed by atoms with Gasteiger partial charge in [0, 0.05) is 9.50 Å². The third-order valence-electron chi connectivity index (χ3n) is 2.78. The van der Waals surface area contributed by atoms with E-state index in [1.54, 1.807) is 42.5 Å². The van der Waals surface area contributed by atoms with Gasteiger partial charge in [-0.3, -0.25) is 20.4 Å². The van der Waals surface area contributed by atoms with E-state index in [4.69, 9.17) is 32.7 Å². The fraction of sp³-hybridized carbons (Fsp3) is 0.125. The lowest BCUT2D eigenvalue weighted by atomic mass is 10.3. The van der Waals surface area contributed by atoms with Gasteiger partial charge >= 0.3 is 0 Å². The van der Waals surface area contributed by atoms with Crippen molar-refractivity contribution >= 4 is 50.9 Å². The Morgan fingerprint density at radius 1 is 0.920 bits per heavy atom. The molecule has 2 rings (SSSR count). The largest absolute Gasteiger partial charge is 0.484 e. The highest BCUT2D eigenvalue weighted by atomic mass is 79.9. The molecule has 0 spiro atoms. The van der Waals surface area contributed by atoms with Crippen LogP contribution in [-0.4, -0.2) is 25.0 Å². The molecular weight excluding hydrogens is 435 g/mol. The molecule has 132 valence electrons. The van der Waals surface area contributed by atoms with Crippen LogP contribution in [0.4, 0.5) is 0 Å². The van der Waals surface area contributed by atoms with Gasteiger partial charge in [-0.2, -0.15) is 0 Å². The summed E-state index contributed by atoms with van der Waals surface area (Å²) in [5, 5.41) is 0.928. The SMILES string of the molecule is O=C(COc1ccc(Cl)cc1)NNC(=O)COc1ccc(Br)cc1Cl. The molecule has 0 aromatic heterocycles. The Kier molecular flexibility index (Phi) is 7.36. The Morgan fingerprint density at radius 2 is 1.52 bits per heavy atom. The first-order chi connectivity index (χ1) is 11.9. The molecule has 9 heteroatoms. The molecule has 2 aromatic rings. The van der Waals surface area contributed by atoms with Gasteiger partial charge in [0.2, 0.25) is 0 Å². The number of carbonyl (C=O) groups excluding carboxylic acids is 2. The number of amides is 2. The van der Waals surface area contributed by atoms with Crippen LogP contribution < -0.4 is 20.3 Å². The molecule has 0 aliphatic rings. The van der Waals surface area contributed by atoms with E-state index in [0.29, 0.717) is 21.5 Å². The van der Waals surface area contributed by atoms with Gasteiger partial charge in [0.1, 0.15) is 11.5 Å². The minimum atomic E-state index is -0.543. The lowest BCUT2D eigenvalue weighted by Crippen LogP contribution is -2.45. The second-order valence-corrected chi connectivity index (χ2v) is 6.46. The van der Waals surface area contributed by atoms with Crippen molar-refractivity contribution < 1.29 is 19.1 Å². The van der Waals surface area contributed by atoms with Gasteiger partial charge in [0.15, 0.2) is 13.2 Å². The van der Waals surface area contributed by atoms with E-state index in [9.17, 15) is 9.59 Å². The van der Waals surface area contributed by atoms with Crippen LogP contribution in [0.1, 0.15) is 0 Å². The van der Waals surface area contributed by atoms with Crippen molar-refractivity contribution in [3.05, 3.63) is 57.0 Å². The molecule has 0 aliphatic carbocycles. The second kappa shape index (κ2) is 9.50. The van der Waals surface area contributed by atoms with E-state index in [1.165, 1.54) is 0 Å². The van der Waals surface area contributed by atoms with Crippen LogP contribution in [0, 0.1) is 0 Å². The predicted octanol–water partition coefficient (Wildman–Crippen LogP) is 3.36. The highest BCUT2D eigenvalue weighted by molar-refractivity contribution is 9.10. The minimum Gasteiger partial charge on any atom is -0.484 e. The zero-order valence-corrected chi connectivity index (χ0v) is 15.8. The Bertz CT molecular complexity index is 756. The molecule has 0 heterocycles. The zero-order chi connectivity index (χ0) is 18.2. The van der Waals surface area contributed by atoms with Crippen molar-refractivity contribution in [1.29, 1.82) is 0 Å². The van der Waals surface area contributed by atoms with Crippen LogP contribution in [0.15, 0.2) is 46.9 Å². The molecule has 2 amide bonds. The number of benzene rings is 2. The minimum absolute atomic E-state index is 0.263. The third-order valence-corrected chi connectivity index (χ3v) is 3.82. The molecule has 0 unspecified atom stereocenters. The van der Waals surface area contributed by atoms with E-state index >= 15 is 0 Å². The number of halogens is 3. The lowest BCUT2D eigenvalue weighted by molar-refractivity contribution is -0.131. The first-order valence-corrected chi connectivity index (χ1v) is 8.53. The molecule has 0 aliphatic heterocycles. The van der Waals surface area contributed by atoms with E-state index in [2.05, 4.69) is 26.8 Å². The molecule has 0 saturated carbocycles. The van der Waals surface area contributed by atoms with Crippen LogP contribution >= 0.6 is 39.1 Å². The summed E-state index contributed by atoms with van der Waals surface area (Å²) >= 11 is 15.0. The second-order valence-electron chi connectivity index (χ2n) is 4.70. The predicted molar refractivity (Wildman–Crippen MR) is 97.9 cm³/mol. The van der Waals surface area contributed by atoms with Crippen molar-refractivity contribution in [2.45, 2.75) is 0 Å². The maximum Gasteiger partial charge on any atom is 0.276 e. The standard InChI is InChI=1S/C16H13BrCl2N2O4/c17-10-1-6-14(13(19)7-10)25-9-16(23)21-20-15(22)8-24-12-4-2-11(18)3-5-12/h1-7H,8-9H2,(H,20,22)(H,21,23). The highest BCUT2D eigenvalue weighted by Crippen LogP contribution is 2.27. The summed E-state index contributed by atoms with van der Waals surface area (Å²) in [6.45, 7) is -0.568. The maximum atomic E-state index is 11.7. The smallest absolute Gasteiger partial charge is 0.276 e. The first kappa shape index (κ1) is 19.4. The molecule has 0 atom stereocenters. The number of nitrogens with one attached hydrogen (secondary N) is 2. The van der Waals surface area contributed by atoms with Crippen molar-refractivity contribution in [2.24, 2.45) is 0 Å². The summed E-state index contributed by atoms with van der Waals surface area (Å²) in [7, 11) is 0. The molecule has 0 bridgehead atoms. The fourth-order valence-corrected chi connectivity index (χ4v) is 2.48. The molecule has 0 saturated heterocycles. The van der Waals surface area contributed by atoms with Crippen LogP contribution in [0.25, 0.3) is 0 Å². The number of ether oxygens (including phenoxy) is 2. The van der Waals surface area contributed by atoms with Crippen molar-refractivity contribution in [2.75, 3.05) is 13.2 Å². The number of hydrazine groups is 1. The summed E-state index contributed by atoms with van der Waals surface area (Å²) in [5.41, 5.74) is 4.43. The van der Waals surface area contributed by atoms with E-state index in [-0.39, 0.29) is 13.2 Å². The summed E-state index contributed by atoms with van der Waals surface area (Å²) in [6.07, 6.45) is 0. The van der Waals surface area contributed by atoms with Gasteiger partial charge in [-0.25, -0.2) is 0 Å². The Morgan fingerprint density at radius 3 is 2.12 bits per heavy atom. The number of rotatable bonds is 6. The van der Waals surface area contributed by atoms with Crippen LogP contribution in [0.5, 0.6) is 11.5 Å². The van der Waals surface area contributed by atoms with Gasteiger partial charge in [0.25, 0.3) is 11.8 Å². The average Bonchev–Trinajstić information content (AvgIpc) is 2.58. The molecule has 0 radical (unpaired) electrons. The van der Waals surface area contributed by atoms with Crippen LogP contribution in [0.3, 0.4) is 0 Å². The summed E-state index contributed by atoms with van der Waals surface area (Å²) < 4.78 is 11.3. The van der Waals surface area contributed by atoms with Crippen LogP contribution in [-0.2, 0) is 9.59 Å². The number of carbonyl (C=O) groups is 2. The van der Waals surface area contributed by atoms with Crippen molar-refractivity contribution in [3.8, 4) is 11.5 Å². The quantitative estimate of drug-likeness (QED) is 0.665. The van der Waals surface area contributed by atoms with E-state index < -0.39 is 11.8 Å². The Balaban J connectivity index is 1.68. The number of hydrogen-bond acceptors (Lipinski definition) is 4. The first-order valence-electron chi connectivity index (χ1n) is 6.98. The topological polar surface area (TPSA) is 76.7 Å². The Hall–Kier alpha value is -1.96. The molecular formula is C16H13BrCl2N2O4. The van der Waals surface area contributed by atoms with Gasteiger partial charge < -0.3 is 9.47 Å². The van der Waals surface area contributed by atoms with Gasteiger partial charge in [-0.15, -0.1) is 0 Å². The normalized spacial score (nSPS) is 10.0. The lowest BCUT2D eigenvalue weighted by Gasteiger charge is -2.10. The highest BCUT2D eigenvalue weighted by Gasteiger charge is 2.08. The fourth-order valence-electron chi connectivity index (χ4n) is 1.63. The Labute approximate surface area is 162 Å². The summed E-state index contributed by atoms with van der Waals surface area (Å²) in [4.78, 5) is 23.3. The van der Waals surface area contributed by atoms with E-state index in [1.807, 2.05) is 0 Å². The molecule has 2 aromatic carbocycles. The maximum absolute atomic E-state index is 11.7. The average molecular weight is 448 g/mol. The molecule has 25 heavy (non-hydrogen) atoms. The summed E-state index contributed by atoms with van der Waals surface area (Å²) in [6, 6.07) is 11.5. The monoisotopic (exact) mass is 446 g/mol. The van der Waals surface area contributed by atoms with Gasteiger partial charge in [-0.1, -0.05) is 39.1 Å². The molecule has 0 fully saturated rings. The molecule has 2 N–H and O–H groups in total. The van der Waals surface area contributed by atoms with E-state index in [0.717, 1.165) is 4.47 Å². The third kappa shape index (κ3) is 6.81.